The monoisotopic (exact) mass is 386 g/mol. The van der Waals surface area contributed by atoms with Crippen molar-refractivity contribution in [3.8, 4) is 5.75 Å². The molecule has 0 spiro atoms. The minimum Gasteiger partial charge on any atom is -0.491 e. The Bertz CT molecular complexity index is 862. The van der Waals surface area contributed by atoms with Gasteiger partial charge in [0.05, 0.1) is 16.1 Å². The highest BCUT2D eigenvalue weighted by Gasteiger charge is 2.29. The molecule has 9 heteroatoms. The maximum atomic E-state index is 12.5. The van der Waals surface area contributed by atoms with Crippen LogP contribution in [0.2, 0.25) is 0 Å². The lowest BCUT2D eigenvalue weighted by atomic mass is 10.2. The van der Waals surface area contributed by atoms with E-state index in [9.17, 15) is 21.6 Å². The quantitative estimate of drug-likeness (QED) is 0.678. The molecule has 0 aliphatic rings. The standard InChI is InChI=1S/C17H17F3N2O3S/c1-12(11-25-15-7-9-16(10-8-15)26(2,23)24)21-22-14-5-3-13(4-6-14)17(18,19)20/h3-10,12H,11H2,1-2H3. The fourth-order valence-corrected chi connectivity index (χ4v) is 2.55. The van der Waals surface area contributed by atoms with E-state index in [-0.39, 0.29) is 17.5 Å². The van der Waals surface area contributed by atoms with Crippen LogP contribution >= 0.6 is 0 Å². The summed E-state index contributed by atoms with van der Waals surface area (Å²) in [7, 11) is -3.26. The average molecular weight is 386 g/mol. The molecular weight excluding hydrogens is 369 g/mol. The van der Waals surface area contributed by atoms with Crippen LogP contribution in [0.25, 0.3) is 0 Å². The van der Waals surface area contributed by atoms with Crippen LogP contribution in [-0.2, 0) is 16.0 Å². The van der Waals surface area contributed by atoms with Crippen molar-refractivity contribution in [2.75, 3.05) is 12.9 Å². The van der Waals surface area contributed by atoms with Crippen LogP contribution in [0.15, 0.2) is 63.7 Å². The van der Waals surface area contributed by atoms with Crippen LogP contribution in [0.4, 0.5) is 18.9 Å². The Balaban J connectivity index is 1.90. The minimum atomic E-state index is -4.39. The van der Waals surface area contributed by atoms with Crippen molar-refractivity contribution in [2.24, 2.45) is 10.2 Å². The van der Waals surface area contributed by atoms with Crippen molar-refractivity contribution < 1.29 is 26.3 Å². The zero-order valence-electron chi connectivity index (χ0n) is 14.1. The summed E-state index contributed by atoms with van der Waals surface area (Å²) in [4.78, 5) is 0.194. The first-order chi connectivity index (χ1) is 12.1. The van der Waals surface area contributed by atoms with Crippen molar-refractivity contribution in [3.63, 3.8) is 0 Å². The van der Waals surface area contributed by atoms with E-state index in [1.54, 1.807) is 6.92 Å². The van der Waals surface area contributed by atoms with E-state index in [4.69, 9.17) is 4.74 Å². The Kier molecular flexibility index (Phi) is 6.01. The van der Waals surface area contributed by atoms with E-state index in [0.29, 0.717) is 11.4 Å². The second-order valence-electron chi connectivity index (χ2n) is 5.66. The van der Waals surface area contributed by atoms with Gasteiger partial charge in [0.25, 0.3) is 0 Å². The Morgan fingerprint density at radius 3 is 2.12 bits per heavy atom. The number of alkyl halides is 3. The highest BCUT2D eigenvalue weighted by atomic mass is 32.2. The lowest BCUT2D eigenvalue weighted by Gasteiger charge is -2.09. The molecule has 2 aromatic carbocycles. The van der Waals surface area contributed by atoms with Gasteiger partial charge in [0.2, 0.25) is 0 Å². The number of hydrogen-bond donors (Lipinski definition) is 0. The van der Waals surface area contributed by atoms with E-state index in [2.05, 4.69) is 10.2 Å². The van der Waals surface area contributed by atoms with Crippen LogP contribution < -0.4 is 4.74 Å². The van der Waals surface area contributed by atoms with Crippen molar-refractivity contribution in [2.45, 2.75) is 24.0 Å². The topological polar surface area (TPSA) is 68.1 Å². The van der Waals surface area contributed by atoms with E-state index in [0.717, 1.165) is 18.4 Å². The number of nitrogens with zero attached hydrogens (tertiary/aromatic N) is 2. The molecule has 0 fully saturated rings. The lowest BCUT2D eigenvalue weighted by Crippen LogP contribution is -2.11. The highest BCUT2D eigenvalue weighted by molar-refractivity contribution is 7.90. The summed E-state index contributed by atoms with van der Waals surface area (Å²) in [5, 5.41) is 7.87. The molecular formula is C17H17F3N2O3S. The van der Waals surface area contributed by atoms with Crippen LogP contribution in [-0.4, -0.2) is 27.3 Å². The van der Waals surface area contributed by atoms with Gasteiger partial charge in [-0.05, 0) is 55.5 Å². The Morgan fingerprint density at radius 1 is 1.04 bits per heavy atom. The van der Waals surface area contributed by atoms with Crippen LogP contribution in [0, 0.1) is 0 Å². The summed E-state index contributed by atoms with van der Waals surface area (Å²) in [6, 6.07) is 9.99. The van der Waals surface area contributed by atoms with Crippen LogP contribution in [0.5, 0.6) is 5.75 Å². The third kappa shape index (κ3) is 5.83. The lowest BCUT2D eigenvalue weighted by molar-refractivity contribution is -0.137. The molecule has 2 rings (SSSR count). The first-order valence-electron chi connectivity index (χ1n) is 7.57. The second-order valence-corrected chi connectivity index (χ2v) is 7.68. The molecule has 0 bridgehead atoms. The molecule has 0 aliphatic carbocycles. The average Bonchev–Trinajstić information content (AvgIpc) is 2.57. The summed E-state index contributed by atoms with van der Waals surface area (Å²) < 4.78 is 65.7. The first-order valence-corrected chi connectivity index (χ1v) is 9.46. The van der Waals surface area contributed by atoms with Gasteiger partial charge in [-0.25, -0.2) is 8.42 Å². The predicted molar refractivity (Wildman–Crippen MR) is 90.5 cm³/mol. The Morgan fingerprint density at radius 2 is 1.62 bits per heavy atom. The smallest absolute Gasteiger partial charge is 0.416 e. The van der Waals surface area contributed by atoms with E-state index in [1.165, 1.54) is 36.4 Å². The zero-order valence-corrected chi connectivity index (χ0v) is 14.9. The molecule has 0 aliphatic heterocycles. The molecule has 5 nitrogen and oxygen atoms in total. The predicted octanol–water partition coefficient (Wildman–Crippen LogP) is 4.66. The van der Waals surface area contributed by atoms with Gasteiger partial charge in [-0.1, -0.05) is 0 Å². The molecule has 26 heavy (non-hydrogen) atoms. The number of azo groups is 1. The van der Waals surface area contributed by atoms with Crippen molar-refractivity contribution >= 4 is 15.5 Å². The summed E-state index contributed by atoms with van der Waals surface area (Å²) in [5.41, 5.74) is -0.437. The number of rotatable bonds is 6. The summed E-state index contributed by atoms with van der Waals surface area (Å²) in [6.45, 7) is 1.92. The molecule has 0 saturated carbocycles. The van der Waals surface area contributed by atoms with Gasteiger partial charge in [0.1, 0.15) is 18.4 Å². The van der Waals surface area contributed by atoms with E-state index in [1.807, 2.05) is 0 Å². The molecule has 140 valence electrons. The zero-order chi connectivity index (χ0) is 19.4. The fraction of sp³-hybridized carbons (Fsp3) is 0.294. The van der Waals surface area contributed by atoms with Crippen LogP contribution in [0.1, 0.15) is 12.5 Å². The van der Waals surface area contributed by atoms with Gasteiger partial charge in [-0.3, -0.25) is 0 Å². The SMILES string of the molecule is CC(COc1ccc(S(C)(=O)=O)cc1)N=Nc1ccc(C(F)(F)F)cc1. The minimum absolute atomic E-state index is 0.183. The van der Waals surface area contributed by atoms with Crippen LogP contribution in [0.3, 0.4) is 0 Å². The van der Waals surface area contributed by atoms with Crippen molar-refractivity contribution in [3.05, 3.63) is 54.1 Å². The number of benzene rings is 2. The molecule has 0 N–H and O–H groups in total. The van der Waals surface area contributed by atoms with Gasteiger partial charge < -0.3 is 4.74 Å². The molecule has 0 amide bonds. The molecule has 0 saturated heterocycles. The maximum absolute atomic E-state index is 12.5. The van der Waals surface area contributed by atoms with E-state index >= 15 is 0 Å². The third-order valence-corrected chi connectivity index (χ3v) is 4.44. The first kappa shape index (κ1) is 19.9. The summed E-state index contributed by atoms with van der Waals surface area (Å²) in [5.74, 6) is 0.481. The normalized spacial score (nSPS) is 13.7. The summed E-state index contributed by atoms with van der Waals surface area (Å²) in [6.07, 6.45) is -3.27. The third-order valence-electron chi connectivity index (χ3n) is 3.31. The maximum Gasteiger partial charge on any atom is 0.416 e. The van der Waals surface area contributed by atoms with Gasteiger partial charge in [0, 0.05) is 6.26 Å². The molecule has 0 heterocycles. The van der Waals surface area contributed by atoms with Gasteiger partial charge in [-0.2, -0.15) is 23.4 Å². The molecule has 0 aromatic heterocycles. The summed E-state index contributed by atoms with van der Waals surface area (Å²) >= 11 is 0. The Labute approximate surface area is 149 Å². The molecule has 2 aromatic rings. The molecule has 0 radical (unpaired) electrons. The molecule has 1 atom stereocenters. The number of hydrogen-bond acceptors (Lipinski definition) is 5. The van der Waals surface area contributed by atoms with Crippen molar-refractivity contribution in [1.82, 2.24) is 0 Å². The number of halogens is 3. The van der Waals surface area contributed by atoms with Gasteiger partial charge in [0.15, 0.2) is 9.84 Å². The van der Waals surface area contributed by atoms with Gasteiger partial charge in [-0.15, -0.1) is 0 Å². The van der Waals surface area contributed by atoms with Gasteiger partial charge >= 0.3 is 6.18 Å². The second kappa shape index (κ2) is 7.86. The number of sulfone groups is 1. The van der Waals surface area contributed by atoms with Crippen molar-refractivity contribution in [1.29, 1.82) is 0 Å². The largest absolute Gasteiger partial charge is 0.491 e. The number of ether oxygens (including phenoxy) is 1. The Hall–Kier alpha value is -2.42. The fourth-order valence-electron chi connectivity index (χ4n) is 1.92. The highest BCUT2D eigenvalue weighted by Crippen LogP contribution is 2.30. The molecule has 1 unspecified atom stereocenters. The van der Waals surface area contributed by atoms with E-state index < -0.39 is 21.6 Å².